The summed E-state index contributed by atoms with van der Waals surface area (Å²) in [6, 6.07) is 8.77. The van der Waals surface area contributed by atoms with Crippen molar-refractivity contribution in [3.8, 4) is 0 Å². The Kier molecular flexibility index (Phi) is 6.91. The Hall–Kier alpha value is -2.68. The normalized spacial score (nSPS) is 15.7. The molecular weight excluding hydrogens is 400 g/mol. The monoisotopic (exact) mass is 424 g/mol. The molecule has 0 atom stereocenters. The number of anilines is 1. The number of aromatic nitrogens is 1. The van der Waals surface area contributed by atoms with Crippen LogP contribution in [0.5, 0.6) is 0 Å². The topological polar surface area (TPSA) is 39.7 Å². The lowest BCUT2D eigenvalue weighted by molar-refractivity contribution is -0.137. The summed E-state index contributed by atoms with van der Waals surface area (Å²) in [4.78, 5) is 21.9. The fourth-order valence-electron chi connectivity index (χ4n) is 3.38. The number of halogens is 4. The summed E-state index contributed by atoms with van der Waals surface area (Å²) < 4.78 is 51.9. The highest BCUT2D eigenvalue weighted by atomic mass is 19.4. The van der Waals surface area contributed by atoms with Gasteiger partial charge in [-0.05, 0) is 24.6 Å². The number of nitrogens with zero attached hydrogens (tertiary/aromatic N) is 4. The lowest BCUT2D eigenvalue weighted by Gasteiger charge is -2.25. The van der Waals surface area contributed by atoms with Crippen molar-refractivity contribution in [1.29, 1.82) is 0 Å². The number of amides is 1. The van der Waals surface area contributed by atoms with Crippen LogP contribution >= 0.6 is 0 Å². The second kappa shape index (κ2) is 9.42. The quantitative estimate of drug-likeness (QED) is 0.690. The fraction of sp³-hybridized carbons (Fsp3) is 0.429. The van der Waals surface area contributed by atoms with Crippen molar-refractivity contribution >= 4 is 11.7 Å². The van der Waals surface area contributed by atoms with Crippen LogP contribution in [0.1, 0.15) is 17.5 Å². The van der Waals surface area contributed by atoms with Crippen LogP contribution in [0, 0.1) is 5.82 Å². The second-order valence-corrected chi connectivity index (χ2v) is 7.36. The molecule has 3 rings (SSSR count). The van der Waals surface area contributed by atoms with Crippen molar-refractivity contribution in [2.45, 2.75) is 19.1 Å². The molecule has 0 aliphatic carbocycles. The number of hydrogen-bond donors (Lipinski definition) is 0. The van der Waals surface area contributed by atoms with Gasteiger partial charge < -0.3 is 9.80 Å². The van der Waals surface area contributed by atoms with Crippen LogP contribution in [-0.4, -0.2) is 60.5 Å². The number of alkyl halides is 3. The summed E-state index contributed by atoms with van der Waals surface area (Å²) in [6.07, 6.45) is -2.80. The maximum Gasteiger partial charge on any atom is 0.417 e. The average Bonchev–Trinajstić information content (AvgIpc) is 2.94. The van der Waals surface area contributed by atoms with Gasteiger partial charge in [-0.2, -0.15) is 13.2 Å². The van der Waals surface area contributed by atoms with E-state index in [-0.39, 0.29) is 24.8 Å². The van der Waals surface area contributed by atoms with Gasteiger partial charge in [0.1, 0.15) is 11.6 Å². The molecule has 0 radical (unpaired) electrons. The molecule has 5 nitrogen and oxygen atoms in total. The van der Waals surface area contributed by atoms with Gasteiger partial charge >= 0.3 is 6.18 Å². The summed E-state index contributed by atoms with van der Waals surface area (Å²) in [5, 5.41) is 0. The van der Waals surface area contributed by atoms with Gasteiger partial charge in [-0.1, -0.05) is 18.2 Å². The molecule has 0 spiro atoms. The first kappa shape index (κ1) is 22.0. The highest BCUT2D eigenvalue weighted by molar-refractivity contribution is 5.78. The third kappa shape index (κ3) is 5.69. The smallest absolute Gasteiger partial charge is 0.355 e. The minimum absolute atomic E-state index is 0.112. The molecule has 0 unspecified atom stereocenters. The van der Waals surface area contributed by atoms with Crippen molar-refractivity contribution in [3.05, 3.63) is 59.5 Å². The number of carbonyl (C=O) groups excluding carboxylic acids is 1. The Balaban J connectivity index is 1.53. The maximum atomic E-state index is 13.8. The molecule has 30 heavy (non-hydrogen) atoms. The molecular formula is C21H24F4N4O. The lowest BCUT2D eigenvalue weighted by Crippen LogP contribution is -2.40. The molecule has 162 valence electrons. The summed E-state index contributed by atoms with van der Waals surface area (Å²) in [6.45, 7) is 2.88. The molecule has 1 aromatic heterocycles. The van der Waals surface area contributed by atoms with Crippen molar-refractivity contribution < 1.29 is 22.4 Å². The zero-order valence-electron chi connectivity index (χ0n) is 16.7. The minimum atomic E-state index is -4.41. The van der Waals surface area contributed by atoms with E-state index in [4.69, 9.17) is 0 Å². The van der Waals surface area contributed by atoms with E-state index in [2.05, 4.69) is 4.98 Å². The summed E-state index contributed by atoms with van der Waals surface area (Å²) >= 11 is 0. The first-order chi connectivity index (χ1) is 14.2. The molecule has 1 aliphatic rings. The number of pyridine rings is 1. The minimum Gasteiger partial charge on any atom is -0.355 e. The van der Waals surface area contributed by atoms with Gasteiger partial charge in [0.05, 0.1) is 12.1 Å². The van der Waals surface area contributed by atoms with E-state index in [9.17, 15) is 22.4 Å². The number of rotatable bonds is 5. The molecule has 1 aliphatic heterocycles. The van der Waals surface area contributed by atoms with Gasteiger partial charge in [-0.15, -0.1) is 0 Å². The summed E-state index contributed by atoms with van der Waals surface area (Å²) in [7, 11) is 1.64. The van der Waals surface area contributed by atoms with Crippen LogP contribution in [0.4, 0.5) is 23.4 Å². The van der Waals surface area contributed by atoms with Crippen LogP contribution < -0.4 is 4.90 Å². The predicted octanol–water partition coefficient (Wildman–Crippen LogP) is 3.41. The number of carbonyl (C=O) groups is 1. The molecule has 0 N–H and O–H groups in total. The zero-order chi connectivity index (χ0) is 21.7. The molecule has 1 saturated heterocycles. The van der Waals surface area contributed by atoms with Gasteiger partial charge in [0.2, 0.25) is 5.91 Å². The molecule has 1 aromatic carbocycles. The van der Waals surface area contributed by atoms with Crippen molar-refractivity contribution in [2.75, 3.05) is 44.7 Å². The first-order valence-electron chi connectivity index (χ1n) is 9.72. The Morgan fingerprint density at radius 3 is 2.53 bits per heavy atom. The average molecular weight is 424 g/mol. The SMILES string of the molecule is CN(Cc1ccccc1F)C(=O)CN1CCCN(c2ccc(C(F)(F)F)cn2)CC1. The molecule has 2 heterocycles. The standard InChI is InChI=1S/C21H24F4N4O/c1-27(14-16-5-2-3-6-18(16)22)20(30)15-28-9-4-10-29(12-11-28)19-8-7-17(13-26-19)21(23,24)25/h2-3,5-8,13H,4,9-12,14-15H2,1H3. The summed E-state index contributed by atoms with van der Waals surface area (Å²) in [5.74, 6) is 0.0406. The highest BCUT2D eigenvalue weighted by Gasteiger charge is 2.31. The number of benzene rings is 1. The van der Waals surface area contributed by atoms with Crippen LogP contribution in [-0.2, 0) is 17.5 Å². The van der Waals surface area contributed by atoms with Crippen molar-refractivity contribution in [1.82, 2.24) is 14.8 Å². The van der Waals surface area contributed by atoms with Crippen LogP contribution in [0.3, 0.4) is 0 Å². The van der Waals surface area contributed by atoms with Crippen molar-refractivity contribution in [2.24, 2.45) is 0 Å². The van der Waals surface area contributed by atoms with E-state index in [1.807, 2.05) is 9.80 Å². The Morgan fingerprint density at radius 2 is 1.87 bits per heavy atom. The number of likely N-dealkylation sites (N-methyl/N-ethyl adjacent to an activating group) is 1. The largest absolute Gasteiger partial charge is 0.417 e. The van der Waals surface area contributed by atoms with E-state index in [0.29, 0.717) is 37.6 Å². The molecule has 0 bridgehead atoms. The Bertz CT molecular complexity index is 857. The van der Waals surface area contributed by atoms with Crippen molar-refractivity contribution in [3.63, 3.8) is 0 Å². The van der Waals surface area contributed by atoms with E-state index in [1.54, 1.807) is 25.2 Å². The first-order valence-corrected chi connectivity index (χ1v) is 9.72. The van der Waals surface area contributed by atoms with Crippen LogP contribution in [0.15, 0.2) is 42.6 Å². The van der Waals surface area contributed by atoms with Gasteiger partial charge in [0, 0.05) is 51.5 Å². The lowest BCUT2D eigenvalue weighted by atomic mass is 10.2. The van der Waals surface area contributed by atoms with E-state index in [0.717, 1.165) is 18.7 Å². The molecule has 2 aromatic rings. The van der Waals surface area contributed by atoms with Gasteiger partial charge in [0.15, 0.2) is 0 Å². The van der Waals surface area contributed by atoms with Gasteiger partial charge in [-0.25, -0.2) is 9.37 Å². The molecule has 1 amide bonds. The highest BCUT2D eigenvalue weighted by Crippen LogP contribution is 2.29. The zero-order valence-corrected chi connectivity index (χ0v) is 16.7. The Labute approximate surface area is 172 Å². The Morgan fingerprint density at radius 1 is 1.10 bits per heavy atom. The van der Waals surface area contributed by atoms with E-state index in [1.165, 1.54) is 17.0 Å². The van der Waals surface area contributed by atoms with Gasteiger partial charge in [0.25, 0.3) is 0 Å². The van der Waals surface area contributed by atoms with E-state index >= 15 is 0 Å². The molecule has 1 fully saturated rings. The molecule has 9 heteroatoms. The van der Waals surface area contributed by atoms with Crippen LogP contribution in [0.2, 0.25) is 0 Å². The number of hydrogen-bond acceptors (Lipinski definition) is 4. The fourth-order valence-corrected chi connectivity index (χ4v) is 3.38. The third-order valence-corrected chi connectivity index (χ3v) is 5.14. The maximum absolute atomic E-state index is 13.8. The third-order valence-electron chi connectivity index (χ3n) is 5.14. The molecule has 0 saturated carbocycles. The van der Waals surface area contributed by atoms with Gasteiger partial charge in [-0.3, -0.25) is 9.69 Å². The summed E-state index contributed by atoms with van der Waals surface area (Å²) in [5.41, 5.74) is -0.310. The van der Waals surface area contributed by atoms with E-state index < -0.39 is 11.7 Å². The predicted molar refractivity (Wildman–Crippen MR) is 105 cm³/mol. The second-order valence-electron chi connectivity index (χ2n) is 7.36. The van der Waals surface area contributed by atoms with Crippen LogP contribution in [0.25, 0.3) is 0 Å².